The average molecular weight is 365 g/mol. The van der Waals surface area contributed by atoms with Gasteiger partial charge in [0.15, 0.2) is 0 Å². The summed E-state index contributed by atoms with van der Waals surface area (Å²) in [7, 11) is -3.69. The molecule has 4 nitrogen and oxygen atoms in total. The summed E-state index contributed by atoms with van der Waals surface area (Å²) in [5.74, 6) is -0.496. The van der Waals surface area contributed by atoms with Gasteiger partial charge >= 0.3 is 0 Å². The third kappa shape index (κ3) is 3.38. The van der Waals surface area contributed by atoms with Crippen LogP contribution in [0.4, 0.5) is 4.39 Å². The van der Waals surface area contributed by atoms with Crippen LogP contribution in [-0.2, 0) is 16.6 Å². The molecule has 0 spiro atoms. The molecular formula is C11H10BrFN2O2S2. The van der Waals surface area contributed by atoms with Gasteiger partial charge in [0.2, 0.25) is 10.0 Å². The highest BCUT2D eigenvalue weighted by atomic mass is 79.9. The van der Waals surface area contributed by atoms with Gasteiger partial charge < -0.3 is 0 Å². The topological polar surface area (TPSA) is 59.1 Å². The number of benzene rings is 1. The zero-order valence-corrected chi connectivity index (χ0v) is 13.1. The number of hydrogen-bond acceptors (Lipinski definition) is 4. The molecule has 0 bridgehead atoms. The van der Waals surface area contributed by atoms with E-state index < -0.39 is 15.8 Å². The fourth-order valence-electron chi connectivity index (χ4n) is 1.43. The van der Waals surface area contributed by atoms with Crippen LogP contribution in [0.3, 0.4) is 0 Å². The minimum Gasteiger partial charge on any atom is -0.250 e. The zero-order valence-electron chi connectivity index (χ0n) is 9.85. The number of hydrogen-bond donors (Lipinski definition) is 1. The van der Waals surface area contributed by atoms with Crippen LogP contribution in [0.15, 0.2) is 33.1 Å². The van der Waals surface area contributed by atoms with Crippen molar-refractivity contribution in [1.82, 2.24) is 9.71 Å². The Bertz CT molecular complexity index is 700. The van der Waals surface area contributed by atoms with E-state index in [9.17, 15) is 12.8 Å². The van der Waals surface area contributed by atoms with E-state index in [1.165, 1.54) is 17.4 Å². The summed E-state index contributed by atoms with van der Waals surface area (Å²) in [6, 6.07) is 3.45. The molecule has 1 aromatic carbocycles. The molecule has 1 heterocycles. The van der Waals surface area contributed by atoms with Crippen LogP contribution in [-0.4, -0.2) is 13.4 Å². The smallest absolute Gasteiger partial charge is 0.242 e. The summed E-state index contributed by atoms with van der Waals surface area (Å²) < 4.78 is 39.8. The van der Waals surface area contributed by atoms with Gasteiger partial charge in [0.1, 0.15) is 5.82 Å². The quantitative estimate of drug-likeness (QED) is 0.907. The van der Waals surface area contributed by atoms with E-state index in [1.54, 1.807) is 5.51 Å². The maximum absolute atomic E-state index is 12.9. The molecule has 1 aromatic heterocycles. The molecule has 0 radical (unpaired) electrons. The first-order chi connectivity index (χ1) is 8.90. The molecule has 2 rings (SSSR count). The van der Waals surface area contributed by atoms with E-state index in [-0.39, 0.29) is 15.9 Å². The first-order valence-corrected chi connectivity index (χ1v) is 8.39. The second kappa shape index (κ2) is 5.66. The molecule has 0 fully saturated rings. The summed E-state index contributed by atoms with van der Waals surface area (Å²) in [6.45, 7) is 1.98. The van der Waals surface area contributed by atoms with E-state index in [0.29, 0.717) is 0 Å². The molecule has 102 valence electrons. The fraction of sp³-hybridized carbons (Fsp3) is 0.182. The molecule has 0 unspecified atom stereocenters. The highest BCUT2D eigenvalue weighted by Gasteiger charge is 2.18. The van der Waals surface area contributed by atoms with Crippen LogP contribution in [0.5, 0.6) is 0 Å². The third-order valence-electron chi connectivity index (χ3n) is 2.45. The Balaban J connectivity index is 2.21. The van der Waals surface area contributed by atoms with Gasteiger partial charge in [-0.25, -0.2) is 22.5 Å². The summed E-state index contributed by atoms with van der Waals surface area (Å²) >= 11 is 4.43. The lowest BCUT2D eigenvalue weighted by atomic mass is 10.3. The molecule has 0 aliphatic rings. The zero-order chi connectivity index (χ0) is 14.0. The van der Waals surface area contributed by atoms with E-state index in [1.807, 2.05) is 6.92 Å². The van der Waals surface area contributed by atoms with Crippen molar-refractivity contribution in [2.24, 2.45) is 0 Å². The van der Waals surface area contributed by atoms with Crippen LogP contribution in [0.1, 0.15) is 10.6 Å². The Morgan fingerprint density at radius 2 is 2.21 bits per heavy atom. The van der Waals surface area contributed by atoms with Crippen molar-refractivity contribution in [2.75, 3.05) is 0 Å². The first kappa shape index (κ1) is 14.6. The van der Waals surface area contributed by atoms with Gasteiger partial charge in [-0.1, -0.05) is 0 Å². The minimum absolute atomic E-state index is 0.0102. The molecule has 0 atom stereocenters. The number of sulfonamides is 1. The standard InChI is InChI=1S/C11H10BrFN2O2S2/c1-7-10(18-6-14-7)5-15-19(16,17)11-3-2-8(13)4-9(11)12/h2-4,6,15H,5H2,1H3. The second-order valence-corrected chi connectivity index (χ2v) is 7.29. The van der Waals surface area contributed by atoms with Crippen LogP contribution in [0.25, 0.3) is 0 Å². The largest absolute Gasteiger partial charge is 0.250 e. The monoisotopic (exact) mass is 364 g/mol. The Morgan fingerprint density at radius 1 is 1.47 bits per heavy atom. The average Bonchev–Trinajstić information content (AvgIpc) is 2.72. The van der Waals surface area contributed by atoms with E-state index in [0.717, 1.165) is 22.7 Å². The minimum atomic E-state index is -3.69. The Morgan fingerprint density at radius 3 is 2.79 bits per heavy atom. The lowest BCUT2D eigenvalue weighted by molar-refractivity contribution is 0.580. The van der Waals surface area contributed by atoms with Crippen molar-refractivity contribution in [1.29, 1.82) is 0 Å². The Hall–Kier alpha value is -0.830. The van der Waals surface area contributed by atoms with Gasteiger partial charge in [0.05, 0.1) is 16.1 Å². The van der Waals surface area contributed by atoms with Gasteiger partial charge in [-0.05, 0) is 41.1 Å². The van der Waals surface area contributed by atoms with Gasteiger partial charge in [0.25, 0.3) is 0 Å². The molecule has 19 heavy (non-hydrogen) atoms. The van der Waals surface area contributed by atoms with Crippen LogP contribution < -0.4 is 4.72 Å². The number of halogens is 2. The maximum atomic E-state index is 12.9. The third-order valence-corrected chi connectivity index (χ3v) is 5.76. The second-order valence-electron chi connectivity index (χ2n) is 3.76. The van der Waals surface area contributed by atoms with E-state index >= 15 is 0 Å². The number of nitrogens with zero attached hydrogens (tertiary/aromatic N) is 1. The van der Waals surface area contributed by atoms with Gasteiger partial charge in [-0.2, -0.15) is 0 Å². The Labute approximate surface area is 122 Å². The van der Waals surface area contributed by atoms with Crippen molar-refractivity contribution in [3.05, 3.63) is 44.6 Å². The molecule has 0 amide bonds. The molecule has 0 saturated carbocycles. The Kier molecular flexibility index (Phi) is 4.34. The van der Waals surface area contributed by atoms with Crippen molar-refractivity contribution in [2.45, 2.75) is 18.4 Å². The fourth-order valence-corrected chi connectivity index (χ4v) is 4.28. The van der Waals surface area contributed by atoms with E-state index in [4.69, 9.17) is 0 Å². The summed E-state index contributed by atoms with van der Waals surface area (Å²) in [5, 5.41) is 0. The van der Waals surface area contributed by atoms with Crippen LogP contribution in [0, 0.1) is 12.7 Å². The molecule has 1 N–H and O–H groups in total. The summed E-state index contributed by atoms with van der Waals surface area (Å²) in [6.07, 6.45) is 0. The van der Waals surface area contributed by atoms with Gasteiger partial charge in [-0.3, -0.25) is 0 Å². The van der Waals surface area contributed by atoms with Crippen molar-refractivity contribution in [3.63, 3.8) is 0 Å². The molecule has 0 aliphatic carbocycles. The lowest BCUT2D eigenvalue weighted by Crippen LogP contribution is -2.23. The lowest BCUT2D eigenvalue weighted by Gasteiger charge is -2.08. The number of rotatable bonds is 4. The highest BCUT2D eigenvalue weighted by molar-refractivity contribution is 9.10. The predicted molar refractivity (Wildman–Crippen MR) is 75.0 cm³/mol. The SMILES string of the molecule is Cc1ncsc1CNS(=O)(=O)c1ccc(F)cc1Br. The van der Waals surface area contributed by atoms with Crippen molar-refractivity contribution in [3.8, 4) is 0 Å². The molecule has 8 heteroatoms. The molecule has 2 aromatic rings. The molecular weight excluding hydrogens is 355 g/mol. The first-order valence-electron chi connectivity index (χ1n) is 5.24. The maximum Gasteiger partial charge on any atom is 0.242 e. The van der Waals surface area contributed by atoms with Gasteiger partial charge in [0, 0.05) is 15.9 Å². The van der Waals surface area contributed by atoms with Crippen LogP contribution >= 0.6 is 27.3 Å². The summed E-state index contributed by atoms with van der Waals surface area (Å²) in [4.78, 5) is 4.90. The van der Waals surface area contributed by atoms with Crippen molar-refractivity contribution < 1.29 is 12.8 Å². The van der Waals surface area contributed by atoms with Crippen LogP contribution in [0.2, 0.25) is 0 Å². The molecule has 0 aliphatic heterocycles. The number of aromatic nitrogens is 1. The van der Waals surface area contributed by atoms with E-state index in [2.05, 4.69) is 25.6 Å². The number of thiazole rings is 1. The normalized spacial score (nSPS) is 11.7. The van der Waals surface area contributed by atoms with Crippen molar-refractivity contribution >= 4 is 37.3 Å². The number of nitrogens with one attached hydrogen (secondary N) is 1. The predicted octanol–water partition coefficient (Wildman–Crippen LogP) is 2.83. The highest BCUT2D eigenvalue weighted by Crippen LogP contribution is 2.23. The summed E-state index contributed by atoms with van der Waals surface area (Å²) in [5.41, 5.74) is 2.46. The van der Waals surface area contributed by atoms with Gasteiger partial charge in [-0.15, -0.1) is 11.3 Å². The number of aryl methyl sites for hydroxylation is 1. The molecule has 0 saturated heterocycles.